The van der Waals surface area contributed by atoms with E-state index in [1.165, 1.54) is 6.07 Å². The second kappa shape index (κ2) is 7.14. The van der Waals surface area contributed by atoms with Crippen molar-refractivity contribution in [2.24, 2.45) is 0 Å². The molecule has 0 aliphatic heterocycles. The van der Waals surface area contributed by atoms with E-state index in [1.54, 1.807) is 19.2 Å². The number of anilines is 1. The minimum atomic E-state index is -0.277. The Balaban J connectivity index is 1.83. The summed E-state index contributed by atoms with van der Waals surface area (Å²) in [5.41, 5.74) is 0.835. The zero-order valence-corrected chi connectivity index (χ0v) is 12.6. The summed E-state index contributed by atoms with van der Waals surface area (Å²) in [6.45, 7) is 1.09. The molecule has 0 unspecified atom stereocenters. The van der Waals surface area contributed by atoms with Crippen molar-refractivity contribution in [3.63, 3.8) is 0 Å². The average molecular weight is 340 g/mol. The first kappa shape index (κ1) is 14.7. The van der Waals surface area contributed by atoms with Crippen LogP contribution in [-0.4, -0.2) is 20.3 Å². The summed E-state index contributed by atoms with van der Waals surface area (Å²) in [4.78, 5) is 0. The maximum absolute atomic E-state index is 13.1. The Morgan fingerprint density at radius 1 is 1.15 bits per heavy atom. The van der Waals surface area contributed by atoms with Crippen LogP contribution in [0.1, 0.15) is 0 Å². The summed E-state index contributed by atoms with van der Waals surface area (Å²) in [6.07, 6.45) is 0. The van der Waals surface area contributed by atoms with E-state index in [2.05, 4.69) is 21.2 Å². The largest absolute Gasteiger partial charge is 0.493 e. The predicted octanol–water partition coefficient (Wildman–Crippen LogP) is 4.09. The van der Waals surface area contributed by atoms with Crippen LogP contribution in [0.2, 0.25) is 0 Å². The first-order valence-corrected chi connectivity index (χ1v) is 6.95. The molecule has 5 heteroatoms. The van der Waals surface area contributed by atoms with Crippen LogP contribution in [0, 0.1) is 5.82 Å². The van der Waals surface area contributed by atoms with Gasteiger partial charge in [0.15, 0.2) is 11.5 Å². The lowest BCUT2D eigenvalue weighted by Gasteiger charge is -2.11. The molecule has 0 amide bonds. The summed E-state index contributed by atoms with van der Waals surface area (Å²) >= 11 is 3.15. The molecule has 0 heterocycles. The van der Waals surface area contributed by atoms with Gasteiger partial charge in [-0.1, -0.05) is 12.1 Å². The minimum absolute atomic E-state index is 0.277. The summed E-state index contributed by atoms with van der Waals surface area (Å²) in [7, 11) is 1.61. The van der Waals surface area contributed by atoms with Crippen LogP contribution in [0.5, 0.6) is 11.5 Å². The van der Waals surface area contributed by atoms with Gasteiger partial charge in [-0.05, 0) is 46.3 Å². The Bertz CT molecular complexity index is 578. The molecule has 0 aromatic heterocycles. The fraction of sp³-hybridized carbons (Fsp3) is 0.200. The SMILES string of the molecule is COc1ccccc1OCCNc1ccc(F)c(Br)c1. The summed E-state index contributed by atoms with van der Waals surface area (Å²) in [6, 6.07) is 12.3. The smallest absolute Gasteiger partial charge is 0.161 e. The van der Waals surface area contributed by atoms with Gasteiger partial charge in [0.2, 0.25) is 0 Å². The van der Waals surface area contributed by atoms with Gasteiger partial charge in [-0.3, -0.25) is 0 Å². The number of halogens is 2. The Hall–Kier alpha value is -1.75. The van der Waals surface area contributed by atoms with Crippen LogP contribution in [0.4, 0.5) is 10.1 Å². The van der Waals surface area contributed by atoms with Crippen molar-refractivity contribution in [3.8, 4) is 11.5 Å². The van der Waals surface area contributed by atoms with Gasteiger partial charge < -0.3 is 14.8 Å². The molecule has 0 aliphatic carbocycles. The van der Waals surface area contributed by atoms with Crippen molar-refractivity contribution in [1.82, 2.24) is 0 Å². The second-order valence-corrected chi connectivity index (χ2v) is 4.91. The summed E-state index contributed by atoms with van der Waals surface area (Å²) in [5, 5.41) is 3.16. The molecule has 0 fully saturated rings. The highest BCUT2D eigenvalue weighted by Crippen LogP contribution is 2.25. The molecule has 2 aromatic rings. The molecule has 0 radical (unpaired) electrons. The molecule has 2 rings (SSSR count). The van der Waals surface area contributed by atoms with Gasteiger partial charge in [-0.15, -0.1) is 0 Å². The molecular weight excluding hydrogens is 325 g/mol. The molecule has 0 bridgehead atoms. The first-order chi connectivity index (χ1) is 9.70. The minimum Gasteiger partial charge on any atom is -0.493 e. The zero-order chi connectivity index (χ0) is 14.4. The van der Waals surface area contributed by atoms with Crippen LogP contribution in [-0.2, 0) is 0 Å². The molecule has 0 saturated heterocycles. The number of para-hydroxylation sites is 2. The Kier molecular flexibility index (Phi) is 5.24. The molecule has 0 saturated carbocycles. The van der Waals surface area contributed by atoms with Crippen molar-refractivity contribution in [2.45, 2.75) is 0 Å². The van der Waals surface area contributed by atoms with E-state index in [-0.39, 0.29) is 5.82 Å². The van der Waals surface area contributed by atoms with E-state index in [4.69, 9.17) is 9.47 Å². The number of nitrogens with one attached hydrogen (secondary N) is 1. The molecule has 106 valence electrons. The standard InChI is InChI=1S/C15H15BrFNO2/c1-19-14-4-2-3-5-15(14)20-9-8-18-11-6-7-13(17)12(16)10-11/h2-7,10,18H,8-9H2,1H3. The average Bonchev–Trinajstić information content (AvgIpc) is 2.47. The third-order valence-corrected chi connectivity index (χ3v) is 3.29. The van der Waals surface area contributed by atoms with E-state index in [9.17, 15) is 4.39 Å². The summed E-state index contributed by atoms with van der Waals surface area (Å²) in [5.74, 6) is 1.13. The van der Waals surface area contributed by atoms with Crippen molar-refractivity contribution in [3.05, 3.63) is 52.8 Å². The van der Waals surface area contributed by atoms with E-state index < -0.39 is 0 Å². The number of methoxy groups -OCH3 is 1. The maximum atomic E-state index is 13.1. The van der Waals surface area contributed by atoms with Crippen LogP contribution in [0.3, 0.4) is 0 Å². The molecule has 3 nitrogen and oxygen atoms in total. The van der Waals surface area contributed by atoms with Crippen molar-refractivity contribution >= 4 is 21.6 Å². The highest BCUT2D eigenvalue weighted by Gasteiger charge is 2.02. The van der Waals surface area contributed by atoms with Gasteiger partial charge in [0.1, 0.15) is 12.4 Å². The van der Waals surface area contributed by atoms with Crippen molar-refractivity contribution in [2.75, 3.05) is 25.6 Å². The molecule has 0 spiro atoms. The van der Waals surface area contributed by atoms with Gasteiger partial charge in [0.25, 0.3) is 0 Å². The fourth-order valence-corrected chi connectivity index (χ4v) is 2.08. The molecule has 1 N–H and O–H groups in total. The van der Waals surface area contributed by atoms with Gasteiger partial charge in [-0.2, -0.15) is 0 Å². The molecule has 0 atom stereocenters. The van der Waals surface area contributed by atoms with Gasteiger partial charge >= 0.3 is 0 Å². The van der Waals surface area contributed by atoms with Gasteiger partial charge in [-0.25, -0.2) is 4.39 Å². The first-order valence-electron chi connectivity index (χ1n) is 6.15. The van der Waals surface area contributed by atoms with Gasteiger partial charge in [0.05, 0.1) is 11.6 Å². The number of rotatable bonds is 6. The fourth-order valence-electron chi connectivity index (χ4n) is 1.70. The monoisotopic (exact) mass is 339 g/mol. The Morgan fingerprint density at radius 3 is 2.60 bits per heavy atom. The van der Waals surface area contributed by atoms with Crippen LogP contribution in [0.15, 0.2) is 46.9 Å². The third-order valence-electron chi connectivity index (χ3n) is 2.68. The van der Waals surface area contributed by atoms with Crippen molar-refractivity contribution in [1.29, 1.82) is 0 Å². The topological polar surface area (TPSA) is 30.5 Å². The molecular formula is C15H15BrFNO2. The summed E-state index contributed by atoms with van der Waals surface area (Å²) < 4.78 is 24.3. The van der Waals surface area contributed by atoms with E-state index in [1.807, 2.05) is 24.3 Å². The van der Waals surface area contributed by atoms with Gasteiger partial charge in [0, 0.05) is 12.2 Å². The molecule has 2 aromatic carbocycles. The normalized spacial score (nSPS) is 10.2. The maximum Gasteiger partial charge on any atom is 0.161 e. The van der Waals surface area contributed by atoms with Crippen LogP contribution < -0.4 is 14.8 Å². The molecule has 0 aliphatic rings. The van der Waals surface area contributed by atoms with Crippen molar-refractivity contribution < 1.29 is 13.9 Å². The van der Waals surface area contributed by atoms with Crippen LogP contribution >= 0.6 is 15.9 Å². The Labute approximate surface area is 125 Å². The van der Waals surface area contributed by atoms with E-state index >= 15 is 0 Å². The molecule has 20 heavy (non-hydrogen) atoms. The Morgan fingerprint density at radius 2 is 1.90 bits per heavy atom. The van der Waals surface area contributed by atoms with E-state index in [0.29, 0.717) is 29.1 Å². The second-order valence-electron chi connectivity index (χ2n) is 4.05. The highest BCUT2D eigenvalue weighted by molar-refractivity contribution is 9.10. The quantitative estimate of drug-likeness (QED) is 0.804. The lowest BCUT2D eigenvalue weighted by atomic mass is 10.3. The lowest BCUT2D eigenvalue weighted by molar-refractivity contribution is 0.306. The van der Waals surface area contributed by atoms with E-state index in [0.717, 1.165) is 5.69 Å². The predicted molar refractivity (Wildman–Crippen MR) is 81.1 cm³/mol. The lowest BCUT2D eigenvalue weighted by Crippen LogP contribution is -2.11. The highest BCUT2D eigenvalue weighted by atomic mass is 79.9. The van der Waals surface area contributed by atoms with Crippen LogP contribution in [0.25, 0.3) is 0 Å². The number of ether oxygens (including phenoxy) is 2. The number of hydrogen-bond acceptors (Lipinski definition) is 3. The zero-order valence-electron chi connectivity index (χ0n) is 11.0. The third kappa shape index (κ3) is 3.87. The number of hydrogen-bond donors (Lipinski definition) is 1. The number of benzene rings is 2.